The van der Waals surface area contributed by atoms with Crippen LogP contribution < -0.4 is 11.1 Å². The summed E-state index contributed by atoms with van der Waals surface area (Å²) in [6.07, 6.45) is 2.35. The standard InChI is InChI=1S/C16H27N5O3S2/c1-18-16(21-8-3-5-13(12-21)11-14(17)22)19-7-9-20(2)26(23,24)15-6-4-10-25-15/h4,6,10,13H,3,5,7-9,11-12H2,1-2H3,(H2,17,22)(H,18,19). The molecule has 26 heavy (non-hydrogen) atoms. The van der Waals surface area contributed by atoms with Crippen molar-refractivity contribution in [1.82, 2.24) is 14.5 Å². The number of nitrogens with zero attached hydrogens (tertiary/aromatic N) is 3. The first-order valence-corrected chi connectivity index (χ1v) is 10.9. The molecular weight excluding hydrogens is 374 g/mol. The number of guanidine groups is 1. The molecule has 0 radical (unpaired) electrons. The van der Waals surface area contributed by atoms with Crippen molar-refractivity contribution in [3.05, 3.63) is 17.5 Å². The highest BCUT2D eigenvalue weighted by atomic mass is 32.2. The summed E-state index contributed by atoms with van der Waals surface area (Å²) in [5, 5.41) is 4.97. The van der Waals surface area contributed by atoms with Gasteiger partial charge in [0.15, 0.2) is 5.96 Å². The number of hydrogen-bond donors (Lipinski definition) is 2. The molecule has 2 rings (SSSR count). The zero-order valence-corrected chi connectivity index (χ0v) is 16.9. The molecule has 146 valence electrons. The van der Waals surface area contributed by atoms with E-state index in [1.165, 1.54) is 15.6 Å². The predicted octanol–water partition coefficient (Wildman–Crippen LogP) is 0.531. The van der Waals surface area contributed by atoms with Gasteiger partial charge in [-0.3, -0.25) is 9.79 Å². The molecule has 0 spiro atoms. The Kier molecular flexibility index (Phi) is 7.42. The second kappa shape index (κ2) is 9.33. The minimum absolute atomic E-state index is 0.238. The van der Waals surface area contributed by atoms with Crippen molar-refractivity contribution in [1.29, 1.82) is 0 Å². The number of nitrogens with one attached hydrogen (secondary N) is 1. The lowest BCUT2D eigenvalue weighted by Crippen LogP contribution is -2.48. The first-order valence-electron chi connectivity index (χ1n) is 8.58. The number of thiophene rings is 1. The Labute approximate surface area is 159 Å². The van der Waals surface area contributed by atoms with Crippen LogP contribution in [0.2, 0.25) is 0 Å². The number of sulfonamides is 1. The Morgan fingerprint density at radius 1 is 1.54 bits per heavy atom. The summed E-state index contributed by atoms with van der Waals surface area (Å²) in [6.45, 7) is 2.37. The van der Waals surface area contributed by atoms with Gasteiger partial charge in [-0.1, -0.05) is 6.07 Å². The van der Waals surface area contributed by atoms with E-state index in [1.54, 1.807) is 31.6 Å². The number of hydrogen-bond acceptors (Lipinski definition) is 5. The molecule has 2 heterocycles. The molecule has 1 fully saturated rings. The fourth-order valence-corrected chi connectivity index (χ4v) is 5.42. The van der Waals surface area contributed by atoms with Crippen molar-refractivity contribution in [2.45, 2.75) is 23.5 Å². The Balaban J connectivity index is 1.86. The maximum Gasteiger partial charge on any atom is 0.252 e. The Morgan fingerprint density at radius 3 is 2.92 bits per heavy atom. The molecule has 1 aromatic rings. The molecule has 3 N–H and O–H groups in total. The largest absolute Gasteiger partial charge is 0.370 e. The number of likely N-dealkylation sites (N-methyl/N-ethyl adjacent to an activating group) is 1. The lowest BCUT2D eigenvalue weighted by atomic mass is 9.95. The minimum Gasteiger partial charge on any atom is -0.370 e. The van der Waals surface area contributed by atoms with Crippen LogP contribution in [0.3, 0.4) is 0 Å². The van der Waals surface area contributed by atoms with Crippen LogP contribution in [0.25, 0.3) is 0 Å². The van der Waals surface area contributed by atoms with Crippen LogP contribution in [0.1, 0.15) is 19.3 Å². The van der Waals surface area contributed by atoms with Crippen LogP contribution >= 0.6 is 11.3 Å². The average molecular weight is 402 g/mol. The highest BCUT2D eigenvalue weighted by Crippen LogP contribution is 2.20. The van der Waals surface area contributed by atoms with E-state index in [0.717, 1.165) is 31.9 Å². The highest BCUT2D eigenvalue weighted by Gasteiger charge is 2.24. The van der Waals surface area contributed by atoms with Crippen molar-refractivity contribution in [2.24, 2.45) is 16.6 Å². The summed E-state index contributed by atoms with van der Waals surface area (Å²) in [7, 11) is -0.167. The SMILES string of the molecule is CN=C(NCCN(C)S(=O)(=O)c1cccs1)N1CCCC(CC(N)=O)C1. The van der Waals surface area contributed by atoms with Crippen molar-refractivity contribution in [2.75, 3.05) is 40.3 Å². The highest BCUT2D eigenvalue weighted by molar-refractivity contribution is 7.91. The molecule has 1 aliphatic rings. The third-order valence-corrected chi connectivity index (χ3v) is 7.62. The van der Waals surface area contributed by atoms with E-state index < -0.39 is 10.0 Å². The molecule has 1 aromatic heterocycles. The average Bonchev–Trinajstić information content (AvgIpc) is 3.13. The van der Waals surface area contributed by atoms with Gasteiger partial charge in [-0.05, 0) is 30.2 Å². The summed E-state index contributed by atoms with van der Waals surface area (Å²) >= 11 is 1.21. The summed E-state index contributed by atoms with van der Waals surface area (Å²) in [5.41, 5.74) is 5.31. The molecule has 1 atom stereocenters. The van der Waals surface area contributed by atoms with Gasteiger partial charge in [0.2, 0.25) is 5.91 Å². The van der Waals surface area contributed by atoms with E-state index in [-0.39, 0.29) is 11.8 Å². The lowest BCUT2D eigenvalue weighted by Gasteiger charge is -2.34. The molecule has 1 unspecified atom stereocenters. The van der Waals surface area contributed by atoms with Gasteiger partial charge in [-0.15, -0.1) is 11.3 Å². The van der Waals surface area contributed by atoms with E-state index in [1.807, 2.05) is 0 Å². The van der Waals surface area contributed by atoms with Gasteiger partial charge in [0.1, 0.15) is 4.21 Å². The van der Waals surface area contributed by atoms with Gasteiger partial charge in [0, 0.05) is 46.7 Å². The predicted molar refractivity (Wildman–Crippen MR) is 104 cm³/mol. The molecule has 10 heteroatoms. The lowest BCUT2D eigenvalue weighted by molar-refractivity contribution is -0.119. The van der Waals surface area contributed by atoms with Crippen LogP contribution in [-0.4, -0.2) is 69.8 Å². The van der Waals surface area contributed by atoms with Gasteiger partial charge in [0.25, 0.3) is 10.0 Å². The number of likely N-dealkylation sites (tertiary alicyclic amines) is 1. The summed E-state index contributed by atoms with van der Waals surface area (Å²) in [5.74, 6) is 0.683. The van der Waals surface area contributed by atoms with Gasteiger partial charge < -0.3 is 16.0 Å². The van der Waals surface area contributed by atoms with E-state index in [2.05, 4.69) is 15.2 Å². The van der Waals surface area contributed by atoms with Crippen molar-refractivity contribution in [3.63, 3.8) is 0 Å². The second-order valence-corrected chi connectivity index (χ2v) is 9.58. The van der Waals surface area contributed by atoms with E-state index in [9.17, 15) is 13.2 Å². The fraction of sp³-hybridized carbons (Fsp3) is 0.625. The quantitative estimate of drug-likeness (QED) is 0.512. The normalized spacial score (nSPS) is 19.0. The third kappa shape index (κ3) is 5.42. The van der Waals surface area contributed by atoms with Gasteiger partial charge in [-0.25, -0.2) is 8.42 Å². The summed E-state index contributed by atoms with van der Waals surface area (Å²) < 4.78 is 26.5. The van der Waals surface area contributed by atoms with Crippen molar-refractivity contribution in [3.8, 4) is 0 Å². The number of carbonyl (C=O) groups is 1. The van der Waals surface area contributed by atoms with Crippen LogP contribution in [-0.2, 0) is 14.8 Å². The second-order valence-electron chi connectivity index (χ2n) is 6.36. The van der Waals surface area contributed by atoms with E-state index >= 15 is 0 Å². The van der Waals surface area contributed by atoms with Gasteiger partial charge >= 0.3 is 0 Å². The molecule has 1 aliphatic heterocycles. The van der Waals surface area contributed by atoms with E-state index in [4.69, 9.17) is 5.73 Å². The van der Waals surface area contributed by atoms with Crippen LogP contribution in [0.15, 0.2) is 26.7 Å². The number of rotatable bonds is 7. The van der Waals surface area contributed by atoms with Crippen LogP contribution in [0, 0.1) is 5.92 Å². The molecular formula is C16H27N5O3S2. The molecule has 0 saturated carbocycles. The first-order chi connectivity index (χ1) is 12.3. The number of piperidine rings is 1. The number of amides is 1. The minimum atomic E-state index is -3.44. The topological polar surface area (TPSA) is 108 Å². The van der Waals surface area contributed by atoms with Crippen molar-refractivity contribution >= 4 is 33.2 Å². The van der Waals surface area contributed by atoms with E-state index in [0.29, 0.717) is 23.7 Å². The molecule has 1 amide bonds. The number of nitrogens with two attached hydrogens (primary N) is 1. The third-order valence-electron chi connectivity index (χ3n) is 4.39. The smallest absolute Gasteiger partial charge is 0.252 e. The Bertz CT molecular complexity index is 718. The maximum atomic E-state index is 12.4. The zero-order chi connectivity index (χ0) is 19.2. The first kappa shape index (κ1) is 20.7. The van der Waals surface area contributed by atoms with Crippen LogP contribution in [0.4, 0.5) is 0 Å². The number of carbonyl (C=O) groups excluding carboxylic acids is 1. The summed E-state index contributed by atoms with van der Waals surface area (Å²) in [6, 6.07) is 3.33. The maximum absolute atomic E-state index is 12.4. The zero-order valence-electron chi connectivity index (χ0n) is 15.2. The van der Waals surface area contributed by atoms with Gasteiger partial charge in [0.05, 0.1) is 0 Å². The molecule has 0 aromatic carbocycles. The fourth-order valence-electron chi connectivity index (χ4n) is 3.05. The molecule has 1 saturated heterocycles. The molecule has 0 bridgehead atoms. The van der Waals surface area contributed by atoms with Crippen molar-refractivity contribution < 1.29 is 13.2 Å². The molecule has 8 nitrogen and oxygen atoms in total. The monoisotopic (exact) mass is 401 g/mol. The number of aliphatic imine (C=N–C) groups is 1. The van der Waals surface area contributed by atoms with Gasteiger partial charge in [-0.2, -0.15) is 4.31 Å². The Morgan fingerprint density at radius 2 is 2.31 bits per heavy atom. The number of primary amides is 1. The Hall–Kier alpha value is -1.65. The summed E-state index contributed by atoms with van der Waals surface area (Å²) in [4.78, 5) is 17.5. The van der Waals surface area contributed by atoms with Crippen LogP contribution in [0.5, 0.6) is 0 Å². The molecule has 0 aliphatic carbocycles.